The summed E-state index contributed by atoms with van der Waals surface area (Å²) in [6, 6.07) is -1.20. The normalized spacial score (nSPS) is 30.7. The van der Waals surface area contributed by atoms with Crippen molar-refractivity contribution >= 4 is 23.0 Å². The van der Waals surface area contributed by atoms with Gasteiger partial charge in [0, 0.05) is 6.20 Å². The van der Waals surface area contributed by atoms with Crippen molar-refractivity contribution in [2.45, 2.75) is 30.6 Å². The summed E-state index contributed by atoms with van der Waals surface area (Å²) in [6.07, 6.45) is -4.53. The molecule has 0 radical (unpaired) electrons. The molecule has 0 saturated carbocycles. The topological polar surface area (TPSA) is 180 Å². The quantitative estimate of drug-likeness (QED) is 0.252. The SMILES string of the molecule is O=c1[nH]cc(NC(=S)NC2C(O)OC(CO)C(O)C2O)c(=O)[nH]1. The summed E-state index contributed by atoms with van der Waals surface area (Å²) in [5, 5.41) is 43.3. The maximum absolute atomic E-state index is 11.5. The van der Waals surface area contributed by atoms with Crippen LogP contribution >= 0.6 is 12.2 Å². The number of aromatic nitrogens is 2. The van der Waals surface area contributed by atoms with Gasteiger partial charge in [-0.1, -0.05) is 0 Å². The van der Waals surface area contributed by atoms with Gasteiger partial charge in [0.2, 0.25) is 0 Å². The molecule has 8 N–H and O–H groups in total. The maximum Gasteiger partial charge on any atom is 0.325 e. The molecule has 5 unspecified atom stereocenters. The Morgan fingerprint density at radius 3 is 2.61 bits per heavy atom. The Kier molecular flexibility index (Phi) is 5.46. The van der Waals surface area contributed by atoms with E-state index in [2.05, 4.69) is 15.6 Å². The van der Waals surface area contributed by atoms with E-state index in [9.17, 15) is 24.9 Å². The number of aromatic amines is 2. The Hall–Kier alpha value is -1.83. The van der Waals surface area contributed by atoms with E-state index in [1.807, 2.05) is 4.98 Å². The molecular formula is C11H16N4O7S. The van der Waals surface area contributed by atoms with Gasteiger partial charge >= 0.3 is 5.69 Å². The number of aliphatic hydroxyl groups excluding tert-OH is 4. The Labute approximate surface area is 133 Å². The fraction of sp³-hybridized carbons (Fsp3) is 0.545. The molecule has 1 aromatic heterocycles. The van der Waals surface area contributed by atoms with Crippen LogP contribution in [0.25, 0.3) is 0 Å². The minimum Gasteiger partial charge on any atom is -0.394 e. The summed E-state index contributed by atoms with van der Waals surface area (Å²) in [7, 11) is 0. The first-order valence-corrected chi connectivity index (χ1v) is 6.94. The van der Waals surface area contributed by atoms with E-state index in [4.69, 9.17) is 22.1 Å². The molecule has 1 aliphatic heterocycles. The first kappa shape index (κ1) is 17.5. The largest absolute Gasteiger partial charge is 0.394 e. The monoisotopic (exact) mass is 348 g/mol. The second-order valence-electron chi connectivity index (χ2n) is 4.84. The zero-order valence-corrected chi connectivity index (χ0v) is 12.4. The fourth-order valence-corrected chi connectivity index (χ4v) is 2.31. The summed E-state index contributed by atoms with van der Waals surface area (Å²) in [6.45, 7) is -0.586. The number of thiocarbonyl (C=S) groups is 1. The van der Waals surface area contributed by atoms with Crippen LogP contribution in [0.1, 0.15) is 0 Å². The van der Waals surface area contributed by atoms with Crippen LogP contribution in [-0.2, 0) is 4.74 Å². The highest BCUT2D eigenvalue weighted by atomic mass is 32.1. The van der Waals surface area contributed by atoms with Crippen molar-refractivity contribution in [2.75, 3.05) is 11.9 Å². The minimum atomic E-state index is -1.56. The lowest BCUT2D eigenvalue weighted by Gasteiger charge is -2.40. The number of nitrogens with one attached hydrogen (secondary N) is 4. The summed E-state index contributed by atoms with van der Waals surface area (Å²) in [4.78, 5) is 26.6. The van der Waals surface area contributed by atoms with E-state index >= 15 is 0 Å². The van der Waals surface area contributed by atoms with Gasteiger partial charge < -0.3 is 40.8 Å². The lowest BCUT2D eigenvalue weighted by molar-refractivity contribution is -0.251. The molecule has 23 heavy (non-hydrogen) atoms. The van der Waals surface area contributed by atoms with Crippen LogP contribution in [0.15, 0.2) is 15.8 Å². The fourth-order valence-electron chi connectivity index (χ4n) is 2.07. The lowest BCUT2D eigenvalue weighted by Crippen LogP contribution is -2.64. The number of H-pyrrole nitrogens is 2. The molecule has 1 aromatic rings. The average Bonchev–Trinajstić information content (AvgIpc) is 2.50. The smallest absolute Gasteiger partial charge is 0.325 e. The van der Waals surface area contributed by atoms with Gasteiger partial charge in [0.1, 0.15) is 30.0 Å². The molecular weight excluding hydrogens is 332 g/mol. The molecule has 0 aliphatic carbocycles. The Bertz CT molecular complexity index is 677. The first-order valence-electron chi connectivity index (χ1n) is 6.53. The molecule has 0 bridgehead atoms. The van der Waals surface area contributed by atoms with Gasteiger partial charge in [0.05, 0.1) is 6.61 Å². The molecule has 2 heterocycles. The van der Waals surface area contributed by atoms with Gasteiger partial charge in [-0.15, -0.1) is 0 Å². The van der Waals surface area contributed by atoms with E-state index in [0.29, 0.717) is 0 Å². The zero-order chi connectivity index (χ0) is 17.1. The number of ether oxygens (including phenoxy) is 1. The number of hydrogen-bond donors (Lipinski definition) is 8. The van der Waals surface area contributed by atoms with Crippen molar-refractivity contribution in [1.82, 2.24) is 15.3 Å². The van der Waals surface area contributed by atoms with E-state index in [-0.39, 0.29) is 10.8 Å². The molecule has 0 spiro atoms. The van der Waals surface area contributed by atoms with Gasteiger partial charge in [0.25, 0.3) is 5.56 Å². The summed E-state index contributed by atoms with van der Waals surface area (Å²) < 4.78 is 4.95. The number of hydrogen-bond acceptors (Lipinski definition) is 8. The van der Waals surface area contributed by atoms with Crippen molar-refractivity contribution in [3.63, 3.8) is 0 Å². The predicted molar refractivity (Wildman–Crippen MR) is 80.8 cm³/mol. The van der Waals surface area contributed by atoms with E-state index in [1.165, 1.54) is 0 Å². The molecule has 12 heteroatoms. The molecule has 128 valence electrons. The number of anilines is 1. The lowest BCUT2D eigenvalue weighted by atomic mass is 9.97. The molecule has 5 atom stereocenters. The predicted octanol–water partition coefficient (Wildman–Crippen LogP) is -3.85. The van der Waals surface area contributed by atoms with E-state index < -0.39 is 48.5 Å². The van der Waals surface area contributed by atoms with Gasteiger partial charge in [0.15, 0.2) is 11.4 Å². The summed E-state index contributed by atoms with van der Waals surface area (Å²) in [5.41, 5.74) is -1.49. The van der Waals surface area contributed by atoms with Crippen LogP contribution in [0, 0.1) is 0 Å². The number of rotatable bonds is 3. The molecule has 0 amide bonds. The van der Waals surface area contributed by atoms with Crippen LogP contribution in [0.5, 0.6) is 0 Å². The van der Waals surface area contributed by atoms with Crippen LogP contribution < -0.4 is 21.9 Å². The van der Waals surface area contributed by atoms with Crippen molar-refractivity contribution in [3.05, 3.63) is 27.0 Å². The van der Waals surface area contributed by atoms with Crippen LogP contribution in [0.3, 0.4) is 0 Å². The van der Waals surface area contributed by atoms with Gasteiger partial charge in [-0.05, 0) is 12.2 Å². The van der Waals surface area contributed by atoms with Crippen LogP contribution in [0.4, 0.5) is 5.69 Å². The molecule has 1 aliphatic rings. The second-order valence-corrected chi connectivity index (χ2v) is 5.25. The molecule has 1 saturated heterocycles. The highest BCUT2D eigenvalue weighted by Gasteiger charge is 2.43. The number of aliphatic hydroxyl groups is 4. The van der Waals surface area contributed by atoms with Crippen LogP contribution in [-0.4, -0.2) is 72.8 Å². The first-order chi connectivity index (χ1) is 10.8. The molecule has 1 fully saturated rings. The van der Waals surface area contributed by atoms with Crippen molar-refractivity contribution in [1.29, 1.82) is 0 Å². The standard InChI is InChI=1S/C11H16N4O7S/c16-2-4-6(17)7(18)5(9(20)22-4)14-11(23)13-3-1-12-10(21)15-8(3)19/h1,4-7,9,16-18,20H,2H2,(H2,13,14,23)(H2,12,15,19,21). The molecule has 11 nitrogen and oxygen atoms in total. The average molecular weight is 348 g/mol. The van der Waals surface area contributed by atoms with Gasteiger partial charge in [-0.2, -0.15) is 0 Å². The van der Waals surface area contributed by atoms with Crippen LogP contribution in [0.2, 0.25) is 0 Å². The van der Waals surface area contributed by atoms with Crippen molar-refractivity contribution < 1.29 is 25.2 Å². The Morgan fingerprint density at radius 2 is 2.00 bits per heavy atom. The highest BCUT2D eigenvalue weighted by molar-refractivity contribution is 7.80. The minimum absolute atomic E-state index is 0.0726. The van der Waals surface area contributed by atoms with Gasteiger partial charge in [-0.3, -0.25) is 9.78 Å². The zero-order valence-electron chi connectivity index (χ0n) is 11.6. The second kappa shape index (κ2) is 7.16. The Morgan fingerprint density at radius 1 is 1.30 bits per heavy atom. The summed E-state index contributed by atoms with van der Waals surface area (Å²) in [5.74, 6) is 0. The maximum atomic E-state index is 11.5. The van der Waals surface area contributed by atoms with Gasteiger partial charge in [-0.25, -0.2) is 4.79 Å². The third kappa shape index (κ3) is 3.93. The van der Waals surface area contributed by atoms with E-state index in [1.54, 1.807) is 0 Å². The molecule has 2 rings (SSSR count). The van der Waals surface area contributed by atoms with E-state index in [0.717, 1.165) is 6.20 Å². The Balaban J connectivity index is 2.04. The highest BCUT2D eigenvalue weighted by Crippen LogP contribution is 2.19. The third-order valence-corrected chi connectivity index (χ3v) is 3.49. The summed E-state index contributed by atoms with van der Waals surface area (Å²) >= 11 is 4.94. The molecule has 0 aromatic carbocycles. The third-order valence-electron chi connectivity index (χ3n) is 3.27. The van der Waals surface area contributed by atoms with Crippen molar-refractivity contribution in [2.24, 2.45) is 0 Å². The van der Waals surface area contributed by atoms with Crippen molar-refractivity contribution in [3.8, 4) is 0 Å².